The molecule has 0 amide bonds. The SMILES string of the molecule is O=C(c1ccccc1)c1c(-c2ccccc2)cnc2ccc(Cl)cc12. The number of carbonyl (C=O) groups is 1. The molecule has 0 aliphatic carbocycles. The number of rotatable bonds is 3. The fourth-order valence-corrected chi connectivity index (χ4v) is 3.15. The minimum Gasteiger partial charge on any atom is -0.289 e. The Labute approximate surface area is 150 Å². The lowest BCUT2D eigenvalue weighted by molar-refractivity contribution is 0.104. The fraction of sp³-hybridized carbons (Fsp3) is 0. The van der Waals surface area contributed by atoms with Gasteiger partial charge in [-0.2, -0.15) is 0 Å². The van der Waals surface area contributed by atoms with E-state index in [1.165, 1.54) is 0 Å². The summed E-state index contributed by atoms with van der Waals surface area (Å²) in [6, 6.07) is 24.5. The van der Waals surface area contributed by atoms with Crippen LogP contribution < -0.4 is 0 Å². The monoisotopic (exact) mass is 343 g/mol. The number of pyridine rings is 1. The highest BCUT2D eigenvalue weighted by molar-refractivity contribution is 6.32. The lowest BCUT2D eigenvalue weighted by Crippen LogP contribution is -2.05. The molecule has 3 aromatic carbocycles. The van der Waals surface area contributed by atoms with Gasteiger partial charge in [0.1, 0.15) is 0 Å². The number of fused-ring (bicyclic) bond motifs is 1. The summed E-state index contributed by atoms with van der Waals surface area (Å²) >= 11 is 6.20. The van der Waals surface area contributed by atoms with E-state index in [0.29, 0.717) is 16.1 Å². The summed E-state index contributed by atoms with van der Waals surface area (Å²) < 4.78 is 0. The van der Waals surface area contributed by atoms with Crippen molar-refractivity contribution in [1.82, 2.24) is 4.98 Å². The van der Waals surface area contributed by atoms with Crippen molar-refractivity contribution in [1.29, 1.82) is 0 Å². The van der Waals surface area contributed by atoms with Crippen molar-refractivity contribution in [3.8, 4) is 11.1 Å². The van der Waals surface area contributed by atoms with Gasteiger partial charge in [0.2, 0.25) is 0 Å². The summed E-state index contributed by atoms with van der Waals surface area (Å²) in [5.41, 5.74) is 3.79. The molecule has 1 aromatic heterocycles. The van der Waals surface area contributed by atoms with Gasteiger partial charge in [-0.3, -0.25) is 9.78 Å². The van der Waals surface area contributed by atoms with Crippen LogP contribution in [0.2, 0.25) is 5.02 Å². The molecule has 4 aromatic rings. The highest BCUT2D eigenvalue weighted by atomic mass is 35.5. The van der Waals surface area contributed by atoms with Crippen molar-refractivity contribution in [2.45, 2.75) is 0 Å². The van der Waals surface area contributed by atoms with Crippen molar-refractivity contribution < 1.29 is 4.79 Å². The quantitative estimate of drug-likeness (QED) is 0.441. The van der Waals surface area contributed by atoms with E-state index in [0.717, 1.165) is 22.0 Å². The Balaban J connectivity index is 2.04. The summed E-state index contributed by atoms with van der Waals surface area (Å²) in [6.07, 6.45) is 1.77. The zero-order valence-corrected chi connectivity index (χ0v) is 14.1. The maximum absolute atomic E-state index is 13.3. The molecule has 0 saturated carbocycles. The van der Waals surface area contributed by atoms with Crippen LogP contribution in [0.15, 0.2) is 85.1 Å². The van der Waals surface area contributed by atoms with Crippen molar-refractivity contribution in [2.24, 2.45) is 0 Å². The van der Waals surface area contributed by atoms with E-state index < -0.39 is 0 Å². The van der Waals surface area contributed by atoms with Crippen LogP contribution in [0.1, 0.15) is 15.9 Å². The molecule has 0 aliphatic rings. The van der Waals surface area contributed by atoms with Crippen molar-refractivity contribution in [3.63, 3.8) is 0 Å². The molecule has 1 heterocycles. The molecule has 0 bridgehead atoms. The predicted octanol–water partition coefficient (Wildman–Crippen LogP) is 5.79. The van der Waals surface area contributed by atoms with Crippen LogP contribution in [-0.2, 0) is 0 Å². The number of hydrogen-bond acceptors (Lipinski definition) is 2. The average Bonchev–Trinajstić information content (AvgIpc) is 2.68. The number of benzene rings is 3. The molecule has 25 heavy (non-hydrogen) atoms. The van der Waals surface area contributed by atoms with Crippen LogP contribution in [0.4, 0.5) is 0 Å². The van der Waals surface area contributed by atoms with E-state index in [1.807, 2.05) is 72.8 Å². The predicted molar refractivity (Wildman–Crippen MR) is 102 cm³/mol. The Bertz CT molecular complexity index is 1060. The molecule has 0 saturated heterocycles. The van der Waals surface area contributed by atoms with Gasteiger partial charge in [0, 0.05) is 33.3 Å². The van der Waals surface area contributed by atoms with Crippen molar-refractivity contribution in [3.05, 3.63) is 101 Å². The summed E-state index contributed by atoms with van der Waals surface area (Å²) in [7, 11) is 0. The third-order valence-electron chi connectivity index (χ3n) is 4.18. The molecule has 0 radical (unpaired) electrons. The van der Waals surface area contributed by atoms with Crippen LogP contribution in [0.5, 0.6) is 0 Å². The minimum atomic E-state index is -0.0332. The van der Waals surface area contributed by atoms with E-state index >= 15 is 0 Å². The maximum atomic E-state index is 13.3. The number of nitrogens with zero attached hydrogens (tertiary/aromatic N) is 1. The summed E-state index contributed by atoms with van der Waals surface area (Å²) in [6.45, 7) is 0. The van der Waals surface area contributed by atoms with Crippen LogP contribution >= 0.6 is 11.6 Å². The van der Waals surface area contributed by atoms with E-state index in [9.17, 15) is 4.79 Å². The largest absolute Gasteiger partial charge is 0.289 e. The van der Waals surface area contributed by atoms with E-state index in [4.69, 9.17) is 11.6 Å². The first kappa shape index (κ1) is 15.6. The Hall–Kier alpha value is -2.97. The molecule has 0 spiro atoms. The zero-order chi connectivity index (χ0) is 17.2. The molecular formula is C22H14ClNO. The molecule has 0 unspecified atom stereocenters. The number of aromatic nitrogens is 1. The number of halogens is 1. The Kier molecular flexibility index (Phi) is 4.04. The van der Waals surface area contributed by atoms with E-state index in [-0.39, 0.29) is 5.78 Å². The van der Waals surface area contributed by atoms with Gasteiger partial charge < -0.3 is 0 Å². The van der Waals surface area contributed by atoms with Gasteiger partial charge in [0.25, 0.3) is 0 Å². The highest BCUT2D eigenvalue weighted by Crippen LogP contribution is 2.32. The number of carbonyl (C=O) groups excluding carboxylic acids is 1. The van der Waals surface area contributed by atoms with Crippen molar-refractivity contribution >= 4 is 28.3 Å². The Morgan fingerprint density at radius 2 is 1.52 bits per heavy atom. The van der Waals surface area contributed by atoms with Crippen LogP contribution in [0, 0.1) is 0 Å². The van der Waals surface area contributed by atoms with Gasteiger partial charge in [-0.1, -0.05) is 72.3 Å². The van der Waals surface area contributed by atoms with Gasteiger partial charge in [0.15, 0.2) is 5.78 Å². The third kappa shape index (κ3) is 2.92. The molecule has 0 atom stereocenters. The highest BCUT2D eigenvalue weighted by Gasteiger charge is 2.19. The molecule has 120 valence electrons. The average molecular weight is 344 g/mol. The van der Waals surface area contributed by atoms with E-state index in [1.54, 1.807) is 12.3 Å². The Morgan fingerprint density at radius 3 is 2.24 bits per heavy atom. The normalized spacial score (nSPS) is 10.8. The minimum absolute atomic E-state index is 0.0332. The second-order valence-corrected chi connectivity index (χ2v) is 6.21. The second-order valence-electron chi connectivity index (χ2n) is 5.77. The van der Waals surface area contributed by atoms with Crippen LogP contribution in [0.3, 0.4) is 0 Å². The lowest BCUT2D eigenvalue weighted by Gasteiger charge is -2.12. The van der Waals surface area contributed by atoms with Gasteiger partial charge in [-0.15, -0.1) is 0 Å². The topological polar surface area (TPSA) is 30.0 Å². The van der Waals surface area contributed by atoms with Crippen LogP contribution in [-0.4, -0.2) is 10.8 Å². The molecule has 4 rings (SSSR count). The first-order valence-corrected chi connectivity index (χ1v) is 8.35. The lowest BCUT2D eigenvalue weighted by atomic mass is 9.92. The molecular weight excluding hydrogens is 330 g/mol. The zero-order valence-electron chi connectivity index (χ0n) is 13.3. The van der Waals surface area contributed by atoms with Gasteiger partial charge in [-0.25, -0.2) is 0 Å². The number of hydrogen-bond donors (Lipinski definition) is 0. The molecule has 2 nitrogen and oxygen atoms in total. The Morgan fingerprint density at radius 1 is 0.840 bits per heavy atom. The van der Waals surface area contributed by atoms with Gasteiger partial charge in [0.05, 0.1) is 5.52 Å². The second kappa shape index (κ2) is 6.50. The van der Waals surface area contributed by atoms with Crippen LogP contribution in [0.25, 0.3) is 22.0 Å². The molecule has 3 heteroatoms. The standard InChI is InChI=1S/C22H14ClNO/c23-17-11-12-20-18(13-17)21(22(25)16-9-5-2-6-10-16)19(14-24-20)15-7-3-1-4-8-15/h1-14H. The molecule has 0 fully saturated rings. The third-order valence-corrected chi connectivity index (χ3v) is 4.41. The van der Waals surface area contributed by atoms with E-state index in [2.05, 4.69) is 4.98 Å². The molecule has 0 aliphatic heterocycles. The summed E-state index contributed by atoms with van der Waals surface area (Å²) in [5.74, 6) is -0.0332. The first-order valence-electron chi connectivity index (χ1n) is 7.97. The summed E-state index contributed by atoms with van der Waals surface area (Å²) in [5, 5.41) is 1.35. The van der Waals surface area contributed by atoms with Gasteiger partial charge >= 0.3 is 0 Å². The summed E-state index contributed by atoms with van der Waals surface area (Å²) in [4.78, 5) is 17.8. The van der Waals surface area contributed by atoms with Gasteiger partial charge in [-0.05, 0) is 23.8 Å². The fourth-order valence-electron chi connectivity index (χ4n) is 2.98. The molecule has 0 N–H and O–H groups in total. The first-order chi connectivity index (χ1) is 12.2. The maximum Gasteiger partial charge on any atom is 0.194 e. The number of ketones is 1. The smallest absolute Gasteiger partial charge is 0.194 e. The van der Waals surface area contributed by atoms with Crippen molar-refractivity contribution in [2.75, 3.05) is 0 Å².